The van der Waals surface area contributed by atoms with Crippen molar-refractivity contribution in [1.29, 1.82) is 0 Å². The van der Waals surface area contributed by atoms with E-state index in [-0.39, 0.29) is 21.7 Å². The molecule has 0 saturated heterocycles. The second-order valence-corrected chi connectivity index (χ2v) is 17.9. The maximum atomic E-state index is 9.87. The van der Waals surface area contributed by atoms with Crippen LogP contribution >= 0.6 is 7.81 Å². The molecule has 0 atom stereocenters. The van der Waals surface area contributed by atoms with Crippen LogP contribution in [0.4, 0.5) is 25.2 Å². The SMILES string of the molecule is CC(C)(C)C1=CC(=C/C=C/c2cc(C(C)(C)C)[o+]c(C(C)(C)C)c2)C=C(C(C)(C)C)[Se]1.F[P-](F)(F)(F)(F)F. The Balaban J connectivity index is 0.000000905. The minimum atomic E-state index is -10.7. The molecule has 0 amide bonds. The molecule has 2 heterocycles. The van der Waals surface area contributed by atoms with Gasteiger partial charge in [-0.3, -0.25) is 0 Å². The van der Waals surface area contributed by atoms with Crippen LogP contribution in [-0.2, 0) is 10.8 Å². The molecule has 2 rings (SSSR count). The number of hydrogen-bond acceptors (Lipinski definition) is 0. The second-order valence-electron chi connectivity index (χ2n) is 13.7. The first-order valence-corrected chi connectivity index (χ1v) is 16.1. The van der Waals surface area contributed by atoms with Crippen molar-refractivity contribution in [1.82, 2.24) is 0 Å². The molecule has 9 heteroatoms. The van der Waals surface area contributed by atoms with Gasteiger partial charge in [-0.2, -0.15) is 0 Å². The Bertz CT molecular complexity index is 1070. The Labute approximate surface area is 230 Å². The molecular weight excluding hydrogens is 588 g/mol. The molecule has 0 unspecified atom stereocenters. The van der Waals surface area contributed by atoms with Crippen molar-refractivity contribution in [2.75, 3.05) is 0 Å². The summed E-state index contributed by atoms with van der Waals surface area (Å²) in [5.74, 6) is 2.05. The first-order chi connectivity index (χ1) is 16.3. The van der Waals surface area contributed by atoms with Crippen LogP contribution in [-0.4, -0.2) is 15.0 Å². The predicted molar refractivity (Wildman–Crippen MR) is 152 cm³/mol. The van der Waals surface area contributed by atoms with Gasteiger partial charge in [-0.25, -0.2) is 0 Å². The van der Waals surface area contributed by atoms with E-state index in [9.17, 15) is 25.2 Å². The predicted octanol–water partition coefficient (Wildman–Crippen LogP) is 12.1. The van der Waals surface area contributed by atoms with E-state index >= 15 is 0 Å². The first-order valence-electron chi connectivity index (χ1n) is 12.4. The van der Waals surface area contributed by atoms with E-state index < -0.39 is 7.81 Å². The molecule has 218 valence electrons. The van der Waals surface area contributed by atoms with Gasteiger partial charge in [0.25, 0.3) is 0 Å². The van der Waals surface area contributed by atoms with Crippen LogP contribution in [0.5, 0.6) is 0 Å². The number of rotatable bonds is 2. The summed E-state index contributed by atoms with van der Waals surface area (Å²) < 4.78 is 68.6. The summed E-state index contributed by atoms with van der Waals surface area (Å²) in [5.41, 5.74) is 2.85. The van der Waals surface area contributed by atoms with Crippen LogP contribution in [0, 0.1) is 10.8 Å². The van der Waals surface area contributed by atoms with Crippen molar-refractivity contribution >= 4 is 28.8 Å². The van der Waals surface area contributed by atoms with Gasteiger partial charge in [-0.15, -0.1) is 0 Å². The number of allylic oxidation sites excluding steroid dienone is 7. The molecule has 0 radical (unpaired) electrons. The van der Waals surface area contributed by atoms with E-state index in [4.69, 9.17) is 4.42 Å². The maximum absolute atomic E-state index is 10.7. The Morgan fingerprint density at radius 1 is 0.632 bits per heavy atom. The average molecular weight is 632 g/mol. The fourth-order valence-electron chi connectivity index (χ4n) is 2.98. The van der Waals surface area contributed by atoms with Crippen LogP contribution in [0.15, 0.2) is 55.4 Å². The van der Waals surface area contributed by atoms with Gasteiger partial charge in [0.1, 0.15) is 0 Å². The van der Waals surface area contributed by atoms with Gasteiger partial charge in [-0.1, -0.05) is 0 Å². The van der Waals surface area contributed by atoms with E-state index in [0.29, 0.717) is 15.0 Å². The molecule has 38 heavy (non-hydrogen) atoms. The van der Waals surface area contributed by atoms with Gasteiger partial charge in [0.2, 0.25) is 0 Å². The molecule has 1 aromatic rings. The van der Waals surface area contributed by atoms with Crippen molar-refractivity contribution in [3.8, 4) is 0 Å². The summed E-state index contributed by atoms with van der Waals surface area (Å²) in [6.07, 6.45) is 11.5. The summed E-state index contributed by atoms with van der Waals surface area (Å²) in [6, 6.07) is 4.36. The molecule has 0 N–H and O–H groups in total. The van der Waals surface area contributed by atoms with Crippen LogP contribution in [0.3, 0.4) is 0 Å². The van der Waals surface area contributed by atoms with Crippen molar-refractivity contribution in [2.24, 2.45) is 10.8 Å². The van der Waals surface area contributed by atoms with Crippen LogP contribution in [0.1, 0.15) is 100 Å². The number of halogens is 6. The van der Waals surface area contributed by atoms with E-state index in [2.05, 4.69) is 126 Å². The Morgan fingerprint density at radius 3 is 1.26 bits per heavy atom. The Morgan fingerprint density at radius 2 is 0.974 bits per heavy atom. The molecule has 0 bridgehead atoms. The molecule has 0 aliphatic carbocycles. The van der Waals surface area contributed by atoms with E-state index in [1.807, 2.05) is 0 Å². The summed E-state index contributed by atoms with van der Waals surface area (Å²) in [7, 11) is -10.7. The van der Waals surface area contributed by atoms with Crippen LogP contribution in [0.2, 0.25) is 0 Å². The Hall–Kier alpha value is -1.36. The fraction of sp³-hybridized carbons (Fsp3) is 0.552. The molecule has 0 aromatic carbocycles. The van der Waals surface area contributed by atoms with Gasteiger partial charge in [0, 0.05) is 0 Å². The van der Waals surface area contributed by atoms with Crippen molar-refractivity contribution < 1.29 is 29.6 Å². The normalized spacial score (nSPS) is 17.7. The zero-order valence-electron chi connectivity index (χ0n) is 24.6. The monoisotopic (exact) mass is 632 g/mol. The number of hydrogen-bond donors (Lipinski definition) is 0. The van der Waals surface area contributed by atoms with E-state index in [1.54, 1.807) is 8.94 Å². The molecule has 1 aliphatic rings. The molecular formula is C29H43F6OPSe. The van der Waals surface area contributed by atoms with Crippen LogP contribution < -0.4 is 0 Å². The minimum absolute atomic E-state index is 0.0253. The second kappa shape index (κ2) is 10.2. The topological polar surface area (TPSA) is 11.3 Å². The zero-order chi connectivity index (χ0) is 30.2. The Kier molecular flexibility index (Phi) is 9.34. The molecule has 0 fully saturated rings. The summed E-state index contributed by atoms with van der Waals surface area (Å²) in [4.78, 5) is 0. The zero-order valence-corrected chi connectivity index (χ0v) is 27.2. The summed E-state index contributed by atoms with van der Waals surface area (Å²) in [6.45, 7) is 27.2. The van der Waals surface area contributed by atoms with Crippen LogP contribution in [0.25, 0.3) is 6.08 Å². The molecule has 0 spiro atoms. The van der Waals surface area contributed by atoms with Gasteiger partial charge in [0.15, 0.2) is 0 Å². The third kappa shape index (κ3) is 14.1. The van der Waals surface area contributed by atoms with Gasteiger partial charge < -0.3 is 0 Å². The van der Waals surface area contributed by atoms with Gasteiger partial charge in [-0.05, 0) is 0 Å². The summed E-state index contributed by atoms with van der Waals surface area (Å²) in [5, 5.41) is 0. The fourth-order valence-corrected chi connectivity index (χ4v) is 5.58. The average Bonchev–Trinajstić information content (AvgIpc) is 2.62. The van der Waals surface area contributed by atoms with Crippen molar-refractivity contribution in [2.45, 2.75) is 93.9 Å². The van der Waals surface area contributed by atoms with Gasteiger partial charge >= 0.3 is 231 Å². The standard InChI is InChI=1S/C29H43OSe.F6P/c1-26(2,3)22-16-20(17-23(30-22)27(4,5)6)14-13-15-21-18-24(28(7,8)9)31-25(19-21)29(10,11)12;1-7(2,3,4,5)6/h13-19H,1-12H3;/q+1;-1/b14-13+;. The van der Waals surface area contributed by atoms with Crippen molar-refractivity contribution in [3.05, 3.63) is 68.0 Å². The van der Waals surface area contributed by atoms with Gasteiger partial charge in [0.05, 0.1) is 0 Å². The van der Waals surface area contributed by atoms with E-state index in [0.717, 1.165) is 11.5 Å². The third-order valence-electron chi connectivity index (χ3n) is 5.17. The molecule has 0 saturated carbocycles. The van der Waals surface area contributed by atoms with Crippen molar-refractivity contribution in [3.63, 3.8) is 0 Å². The quantitative estimate of drug-likeness (QED) is 0.137. The molecule has 1 aliphatic heterocycles. The molecule has 1 nitrogen and oxygen atoms in total. The molecule has 1 aromatic heterocycles. The first kappa shape index (κ1) is 34.7. The summed E-state index contributed by atoms with van der Waals surface area (Å²) >= 11 is 0.418. The third-order valence-corrected chi connectivity index (χ3v) is 9.15. The van der Waals surface area contributed by atoms with E-state index in [1.165, 1.54) is 11.1 Å².